The minimum absolute atomic E-state index is 0.396. The summed E-state index contributed by atoms with van der Waals surface area (Å²) in [7, 11) is 0. The van der Waals surface area contributed by atoms with Gasteiger partial charge in [0.1, 0.15) is 0 Å². The highest BCUT2D eigenvalue weighted by Gasteiger charge is 2.26. The number of fused-ring (bicyclic) bond motifs is 1. The molecule has 156 valence electrons. The second kappa shape index (κ2) is 8.34. The lowest BCUT2D eigenvalue weighted by molar-refractivity contribution is 0.546. The van der Waals surface area contributed by atoms with E-state index in [4.69, 9.17) is 5.10 Å². The van der Waals surface area contributed by atoms with E-state index in [0.717, 1.165) is 37.6 Å². The van der Waals surface area contributed by atoms with E-state index in [-0.39, 0.29) is 0 Å². The highest BCUT2D eigenvalue weighted by atomic mass is 15.3. The molecule has 0 saturated carbocycles. The van der Waals surface area contributed by atoms with Crippen molar-refractivity contribution in [3.8, 4) is 0 Å². The summed E-state index contributed by atoms with van der Waals surface area (Å²) in [6, 6.07) is 21.8. The van der Waals surface area contributed by atoms with Gasteiger partial charge >= 0.3 is 0 Å². The molecule has 3 heterocycles. The molecule has 0 radical (unpaired) electrons. The second-order valence-corrected chi connectivity index (χ2v) is 8.38. The van der Waals surface area contributed by atoms with E-state index in [1.807, 2.05) is 24.5 Å². The van der Waals surface area contributed by atoms with Crippen molar-refractivity contribution in [2.45, 2.75) is 26.3 Å². The molecule has 5 nitrogen and oxygen atoms in total. The maximum Gasteiger partial charge on any atom is 0.159 e. The predicted octanol–water partition coefficient (Wildman–Crippen LogP) is 4.64. The topological polar surface area (TPSA) is 45.2 Å². The molecule has 2 aromatic heterocycles. The van der Waals surface area contributed by atoms with Crippen LogP contribution in [0.4, 0.5) is 11.5 Å². The number of hydrogen-bond acceptors (Lipinski definition) is 5. The van der Waals surface area contributed by atoms with E-state index in [1.54, 1.807) is 0 Å². The molecule has 4 aromatic rings. The van der Waals surface area contributed by atoms with Crippen LogP contribution in [0.25, 0.3) is 10.8 Å². The molecule has 0 unspecified atom stereocenters. The number of hydrogen-bond donors (Lipinski definition) is 0. The van der Waals surface area contributed by atoms with E-state index in [9.17, 15) is 0 Å². The Kier molecular flexibility index (Phi) is 5.24. The van der Waals surface area contributed by atoms with Crippen molar-refractivity contribution in [3.63, 3.8) is 0 Å². The van der Waals surface area contributed by atoms with Gasteiger partial charge in [-0.1, -0.05) is 36.4 Å². The summed E-state index contributed by atoms with van der Waals surface area (Å²) >= 11 is 0. The van der Waals surface area contributed by atoms with Crippen LogP contribution >= 0.6 is 0 Å². The average molecular weight is 410 g/mol. The largest absolute Gasteiger partial charge is 0.365 e. The lowest BCUT2D eigenvalue weighted by Gasteiger charge is -2.42. The molecule has 31 heavy (non-hydrogen) atoms. The van der Waals surface area contributed by atoms with Gasteiger partial charge in [-0.15, -0.1) is 5.10 Å². The maximum atomic E-state index is 4.71. The fourth-order valence-electron chi connectivity index (χ4n) is 4.54. The normalized spacial score (nSPS) is 16.6. The number of aryl methyl sites for hydroxylation is 1. The molecule has 2 aromatic carbocycles. The Morgan fingerprint density at radius 1 is 0.903 bits per heavy atom. The lowest BCUT2D eigenvalue weighted by Crippen LogP contribution is -2.52. The van der Waals surface area contributed by atoms with Gasteiger partial charge in [-0.05, 0) is 49.2 Å². The zero-order valence-electron chi connectivity index (χ0n) is 18.1. The van der Waals surface area contributed by atoms with Crippen molar-refractivity contribution in [2.24, 2.45) is 0 Å². The van der Waals surface area contributed by atoms with E-state index >= 15 is 0 Å². The van der Waals surface area contributed by atoms with Gasteiger partial charge in [0, 0.05) is 61.0 Å². The molecule has 1 saturated heterocycles. The first-order valence-corrected chi connectivity index (χ1v) is 10.9. The van der Waals surface area contributed by atoms with Crippen LogP contribution in [0.5, 0.6) is 0 Å². The highest BCUT2D eigenvalue weighted by molar-refractivity contribution is 5.93. The Labute approximate surface area is 183 Å². The van der Waals surface area contributed by atoms with Crippen LogP contribution < -0.4 is 9.80 Å². The van der Waals surface area contributed by atoms with Crippen LogP contribution in [0.3, 0.4) is 0 Å². The third-order valence-corrected chi connectivity index (χ3v) is 6.13. The third kappa shape index (κ3) is 3.96. The Bertz CT molecular complexity index is 1190. The van der Waals surface area contributed by atoms with Gasteiger partial charge in [0.15, 0.2) is 5.82 Å². The van der Waals surface area contributed by atoms with Gasteiger partial charge in [0.05, 0.1) is 5.69 Å². The van der Waals surface area contributed by atoms with Gasteiger partial charge < -0.3 is 9.80 Å². The number of nitrogens with zero attached hydrogens (tertiary/aromatic N) is 5. The quantitative estimate of drug-likeness (QED) is 0.491. The summed E-state index contributed by atoms with van der Waals surface area (Å²) in [6.07, 6.45) is 4.41. The highest BCUT2D eigenvalue weighted by Crippen LogP contribution is 2.30. The van der Waals surface area contributed by atoms with Gasteiger partial charge in [-0.3, -0.25) is 4.98 Å². The first kappa shape index (κ1) is 19.5. The van der Waals surface area contributed by atoms with Crippen LogP contribution in [-0.2, 0) is 6.42 Å². The minimum Gasteiger partial charge on any atom is -0.365 e. The lowest BCUT2D eigenvalue weighted by atomic mass is 10.0. The second-order valence-electron chi connectivity index (χ2n) is 8.38. The monoisotopic (exact) mass is 409 g/mol. The number of aromatic nitrogens is 3. The number of benzene rings is 2. The van der Waals surface area contributed by atoms with Crippen LogP contribution in [-0.4, -0.2) is 40.9 Å². The average Bonchev–Trinajstić information content (AvgIpc) is 2.80. The van der Waals surface area contributed by atoms with Crippen LogP contribution in [0.1, 0.15) is 23.7 Å². The SMILES string of the molecule is Cc1cccc(N2CCN(c3nnc(Cc4ccncc4)c4ccccc34)C[C@@H]2C)c1. The summed E-state index contributed by atoms with van der Waals surface area (Å²) in [6.45, 7) is 7.28. The van der Waals surface area contributed by atoms with E-state index in [1.165, 1.54) is 27.6 Å². The molecule has 1 fully saturated rings. The first-order chi connectivity index (χ1) is 15.2. The molecule has 0 aliphatic carbocycles. The van der Waals surface area contributed by atoms with Crippen molar-refractivity contribution in [3.05, 3.63) is 89.9 Å². The number of piperazine rings is 1. The fraction of sp³-hybridized carbons (Fsp3) is 0.269. The molecule has 1 aliphatic rings. The Balaban J connectivity index is 1.43. The summed E-state index contributed by atoms with van der Waals surface area (Å²) in [5.41, 5.74) is 4.81. The smallest absolute Gasteiger partial charge is 0.159 e. The van der Waals surface area contributed by atoms with Crippen LogP contribution in [0.2, 0.25) is 0 Å². The van der Waals surface area contributed by atoms with Gasteiger partial charge in [0.2, 0.25) is 0 Å². The van der Waals surface area contributed by atoms with E-state index in [0.29, 0.717) is 6.04 Å². The summed E-state index contributed by atoms with van der Waals surface area (Å²) in [4.78, 5) is 9.01. The van der Waals surface area contributed by atoms with E-state index in [2.05, 4.69) is 82.3 Å². The molecule has 0 bridgehead atoms. The zero-order valence-corrected chi connectivity index (χ0v) is 18.1. The Morgan fingerprint density at radius 3 is 2.48 bits per heavy atom. The van der Waals surface area contributed by atoms with Gasteiger partial charge in [-0.2, -0.15) is 5.10 Å². The van der Waals surface area contributed by atoms with E-state index < -0.39 is 0 Å². The van der Waals surface area contributed by atoms with Crippen molar-refractivity contribution < 1.29 is 0 Å². The Hall–Kier alpha value is -3.47. The standard InChI is InChI=1S/C26H27N5/c1-19-6-5-7-22(16-19)31-15-14-30(18-20(31)2)26-24-9-4-3-8-23(24)25(28-29-26)17-21-10-12-27-13-11-21/h3-13,16,20H,14-15,17-18H2,1-2H3/t20-/m0/s1. The number of anilines is 2. The van der Waals surface area contributed by atoms with Crippen molar-refractivity contribution in [1.29, 1.82) is 0 Å². The summed E-state index contributed by atoms with van der Waals surface area (Å²) in [5, 5.41) is 11.7. The Morgan fingerprint density at radius 2 is 1.71 bits per heavy atom. The van der Waals surface area contributed by atoms with Gasteiger partial charge in [-0.25, -0.2) is 0 Å². The van der Waals surface area contributed by atoms with Gasteiger partial charge in [0.25, 0.3) is 0 Å². The molecule has 0 spiro atoms. The summed E-state index contributed by atoms with van der Waals surface area (Å²) in [5.74, 6) is 0.991. The molecule has 5 rings (SSSR count). The molecule has 1 aliphatic heterocycles. The van der Waals surface area contributed by atoms with Crippen LogP contribution in [0, 0.1) is 6.92 Å². The van der Waals surface area contributed by atoms with Crippen molar-refractivity contribution in [2.75, 3.05) is 29.4 Å². The molecular formula is C26H27N5. The molecule has 0 N–H and O–H groups in total. The number of pyridine rings is 1. The van der Waals surface area contributed by atoms with Crippen LogP contribution in [0.15, 0.2) is 73.1 Å². The maximum absolute atomic E-state index is 4.71. The zero-order chi connectivity index (χ0) is 21.2. The molecular weight excluding hydrogens is 382 g/mol. The fourth-order valence-corrected chi connectivity index (χ4v) is 4.54. The predicted molar refractivity (Wildman–Crippen MR) is 127 cm³/mol. The van der Waals surface area contributed by atoms with Crippen molar-refractivity contribution >= 4 is 22.3 Å². The minimum atomic E-state index is 0.396. The first-order valence-electron chi connectivity index (χ1n) is 10.9. The summed E-state index contributed by atoms with van der Waals surface area (Å²) < 4.78 is 0. The molecule has 0 amide bonds. The molecule has 5 heteroatoms. The van der Waals surface area contributed by atoms with Crippen molar-refractivity contribution in [1.82, 2.24) is 15.2 Å². The number of rotatable bonds is 4. The molecule has 1 atom stereocenters. The third-order valence-electron chi connectivity index (χ3n) is 6.13.